The van der Waals surface area contributed by atoms with Gasteiger partial charge in [0.1, 0.15) is 0 Å². The van der Waals surface area contributed by atoms with Gasteiger partial charge in [-0.05, 0) is 47.1 Å². The number of thiophene rings is 1. The molecule has 1 fully saturated rings. The highest BCUT2D eigenvalue weighted by molar-refractivity contribution is 7.17. The van der Waals surface area contributed by atoms with Gasteiger partial charge in [-0.15, -0.1) is 11.3 Å². The van der Waals surface area contributed by atoms with Gasteiger partial charge in [-0.1, -0.05) is 57.2 Å². The van der Waals surface area contributed by atoms with Crippen molar-refractivity contribution in [3.63, 3.8) is 0 Å². The number of nitrogens with two attached hydrogens (primary N) is 1. The number of unbranched alkanes of at least 4 members (excludes halogenated alkanes) is 1. The average molecular weight is 301 g/mol. The summed E-state index contributed by atoms with van der Waals surface area (Å²) in [6.07, 6.45) is 9.57. The van der Waals surface area contributed by atoms with Gasteiger partial charge < -0.3 is 5.73 Å². The predicted molar refractivity (Wildman–Crippen MR) is 93.7 cm³/mol. The van der Waals surface area contributed by atoms with Crippen LogP contribution in [0.1, 0.15) is 63.5 Å². The molecule has 1 aromatic carbocycles. The molecule has 1 aliphatic carbocycles. The SMILES string of the molecule is CCCCC1CCC(C(N)c2cccc3ccsc23)CC1. The maximum atomic E-state index is 6.65. The van der Waals surface area contributed by atoms with Gasteiger partial charge in [0.15, 0.2) is 0 Å². The molecule has 1 aromatic heterocycles. The van der Waals surface area contributed by atoms with Crippen LogP contribution in [0.4, 0.5) is 0 Å². The number of benzene rings is 1. The maximum absolute atomic E-state index is 6.65. The number of hydrogen-bond acceptors (Lipinski definition) is 2. The van der Waals surface area contributed by atoms with Crippen molar-refractivity contribution >= 4 is 21.4 Å². The van der Waals surface area contributed by atoms with E-state index in [0.717, 1.165) is 5.92 Å². The van der Waals surface area contributed by atoms with E-state index in [4.69, 9.17) is 5.73 Å². The topological polar surface area (TPSA) is 26.0 Å². The monoisotopic (exact) mass is 301 g/mol. The first-order chi connectivity index (χ1) is 10.3. The Morgan fingerprint density at radius 3 is 2.76 bits per heavy atom. The molecule has 0 saturated heterocycles. The van der Waals surface area contributed by atoms with Gasteiger partial charge in [-0.2, -0.15) is 0 Å². The van der Waals surface area contributed by atoms with Gasteiger partial charge in [-0.3, -0.25) is 0 Å². The third-order valence-corrected chi connectivity index (χ3v) is 6.21. The third kappa shape index (κ3) is 3.32. The second-order valence-corrected chi connectivity index (χ2v) is 7.55. The van der Waals surface area contributed by atoms with Crippen molar-refractivity contribution in [2.45, 2.75) is 57.9 Å². The quantitative estimate of drug-likeness (QED) is 0.731. The van der Waals surface area contributed by atoms with Crippen LogP contribution in [0.15, 0.2) is 29.6 Å². The molecule has 0 bridgehead atoms. The summed E-state index contributed by atoms with van der Waals surface area (Å²) in [6, 6.07) is 9.03. The molecule has 1 unspecified atom stereocenters. The predicted octanol–water partition coefficient (Wildman–Crippen LogP) is 5.90. The van der Waals surface area contributed by atoms with Crippen LogP contribution in [-0.4, -0.2) is 0 Å². The van der Waals surface area contributed by atoms with E-state index in [-0.39, 0.29) is 6.04 Å². The van der Waals surface area contributed by atoms with E-state index < -0.39 is 0 Å². The summed E-state index contributed by atoms with van der Waals surface area (Å²) in [4.78, 5) is 0. The zero-order valence-corrected chi connectivity index (χ0v) is 13.9. The summed E-state index contributed by atoms with van der Waals surface area (Å²) in [5.74, 6) is 1.64. The highest BCUT2D eigenvalue weighted by Crippen LogP contribution is 2.40. The summed E-state index contributed by atoms with van der Waals surface area (Å²) < 4.78 is 1.40. The normalized spacial score (nSPS) is 24.3. The molecule has 0 aliphatic heterocycles. The fourth-order valence-corrected chi connectivity index (χ4v) is 4.82. The third-order valence-electron chi connectivity index (χ3n) is 5.23. The van der Waals surface area contributed by atoms with E-state index in [1.165, 1.54) is 60.6 Å². The molecule has 0 spiro atoms. The van der Waals surface area contributed by atoms with Gasteiger partial charge in [0.25, 0.3) is 0 Å². The van der Waals surface area contributed by atoms with Crippen LogP contribution in [0.2, 0.25) is 0 Å². The van der Waals surface area contributed by atoms with Gasteiger partial charge in [-0.25, -0.2) is 0 Å². The Balaban J connectivity index is 1.66. The average Bonchev–Trinajstić information content (AvgIpc) is 3.01. The second kappa shape index (κ2) is 6.93. The van der Waals surface area contributed by atoms with Gasteiger partial charge in [0.2, 0.25) is 0 Å². The first-order valence-electron chi connectivity index (χ1n) is 8.51. The van der Waals surface area contributed by atoms with Crippen molar-refractivity contribution in [1.82, 2.24) is 0 Å². The Hall–Kier alpha value is -0.860. The molecule has 1 atom stereocenters. The molecule has 3 rings (SSSR count). The van der Waals surface area contributed by atoms with Crippen LogP contribution >= 0.6 is 11.3 Å². The Morgan fingerprint density at radius 1 is 1.19 bits per heavy atom. The van der Waals surface area contributed by atoms with E-state index >= 15 is 0 Å². The first kappa shape index (κ1) is 15.1. The van der Waals surface area contributed by atoms with Gasteiger partial charge in [0.05, 0.1) is 0 Å². The summed E-state index contributed by atoms with van der Waals surface area (Å²) in [7, 11) is 0. The highest BCUT2D eigenvalue weighted by atomic mass is 32.1. The second-order valence-electron chi connectivity index (χ2n) is 6.64. The molecule has 1 nitrogen and oxygen atoms in total. The molecule has 114 valence electrons. The fourth-order valence-electron chi connectivity index (χ4n) is 3.86. The lowest BCUT2D eigenvalue weighted by atomic mass is 9.75. The van der Waals surface area contributed by atoms with Crippen molar-refractivity contribution in [1.29, 1.82) is 0 Å². The molecule has 0 amide bonds. The van der Waals surface area contributed by atoms with E-state index in [1.807, 2.05) is 11.3 Å². The largest absolute Gasteiger partial charge is 0.324 e. The molecule has 0 radical (unpaired) electrons. The van der Waals surface area contributed by atoms with Crippen LogP contribution in [0.3, 0.4) is 0 Å². The molecule has 21 heavy (non-hydrogen) atoms. The lowest BCUT2D eigenvalue weighted by Crippen LogP contribution is -2.26. The first-order valence-corrected chi connectivity index (χ1v) is 9.39. The minimum absolute atomic E-state index is 0.222. The Kier molecular flexibility index (Phi) is 4.97. The van der Waals surface area contributed by atoms with Gasteiger partial charge in [0, 0.05) is 10.7 Å². The van der Waals surface area contributed by atoms with Crippen molar-refractivity contribution < 1.29 is 0 Å². The molecule has 2 heteroatoms. The van der Waals surface area contributed by atoms with Crippen LogP contribution in [0.5, 0.6) is 0 Å². The molecule has 2 N–H and O–H groups in total. The molecular formula is C19H27NS. The summed E-state index contributed by atoms with van der Waals surface area (Å²) in [5, 5.41) is 3.53. The van der Waals surface area contributed by atoms with Crippen molar-refractivity contribution in [3.05, 3.63) is 35.2 Å². The standard InChI is InChI=1S/C19H27NS/c1-2-3-5-14-8-10-15(11-9-14)18(20)17-7-4-6-16-12-13-21-19(16)17/h4,6-7,12-15,18H,2-3,5,8-11,20H2,1H3. The zero-order valence-electron chi connectivity index (χ0n) is 13.1. The van der Waals surface area contributed by atoms with Crippen LogP contribution in [-0.2, 0) is 0 Å². The minimum Gasteiger partial charge on any atom is -0.324 e. The Bertz CT molecular complexity index is 566. The Morgan fingerprint density at radius 2 is 2.00 bits per heavy atom. The van der Waals surface area contributed by atoms with E-state index in [0.29, 0.717) is 5.92 Å². The summed E-state index contributed by atoms with van der Waals surface area (Å²) in [6.45, 7) is 2.29. The summed E-state index contributed by atoms with van der Waals surface area (Å²) in [5.41, 5.74) is 8.02. The zero-order chi connectivity index (χ0) is 14.7. The highest BCUT2D eigenvalue weighted by Gasteiger charge is 2.27. The van der Waals surface area contributed by atoms with Crippen molar-refractivity contribution in [2.75, 3.05) is 0 Å². The molecule has 1 heterocycles. The summed E-state index contributed by atoms with van der Waals surface area (Å²) >= 11 is 1.84. The smallest absolute Gasteiger partial charge is 0.0390 e. The fraction of sp³-hybridized carbons (Fsp3) is 0.579. The van der Waals surface area contributed by atoms with E-state index in [1.54, 1.807) is 0 Å². The number of fused-ring (bicyclic) bond motifs is 1. The van der Waals surface area contributed by atoms with Crippen LogP contribution in [0, 0.1) is 11.8 Å². The molecule has 2 aromatic rings. The molecule has 1 saturated carbocycles. The van der Waals surface area contributed by atoms with E-state index in [9.17, 15) is 0 Å². The van der Waals surface area contributed by atoms with Crippen molar-refractivity contribution in [2.24, 2.45) is 17.6 Å². The number of rotatable bonds is 5. The maximum Gasteiger partial charge on any atom is 0.0390 e. The lowest BCUT2D eigenvalue weighted by molar-refractivity contribution is 0.233. The van der Waals surface area contributed by atoms with Crippen molar-refractivity contribution in [3.8, 4) is 0 Å². The molecule has 1 aliphatic rings. The Labute approximate surface area is 132 Å². The van der Waals surface area contributed by atoms with Gasteiger partial charge >= 0.3 is 0 Å². The van der Waals surface area contributed by atoms with E-state index in [2.05, 4.69) is 36.6 Å². The molecular weight excluding hydrogens is 274 g/mol. The lowest BCUT2D eigenvalue weighted by Gasteiger charge is -2.32. The number of hydrogen-bond donors (Lipinski definition) is 1. The minimum atomic E-state index is 0.222. The van der Waals surface area contributed by atoms with Crippen LogP contribution < -0.4 is 5.73 Å². The van der Waals surface area contributed by atoms with Crippen LogP contribution in [0.25, 0.3) is 10.1 Å².